The van der Waals surface area contributed by atoms with Gasteiger partial charge in [-0.3, -0.25) is 9.59 Å². The van der Waals surface area contributed by atoms with Crippen molar-refractivity contribution in [1.29, 1.82) is 0 Å². The van der Waals surface area contributed by atoms with Crippen molar-refractivity contribution in [3.63, 3.8) is 0 Å². The van der Waals surface area contributed by atoms with Crippen LogP contribution in [0.5, 0.6) is 0 Å². The number of hydrazone groups is 1. The van der Waals surface area contributed by atoms with Gasteiger partial charge in [0.05, 0.1) is 28.1 Å². The lowest BCUT2D eigenvalue weighted by Crippen LogP contribution is -2.40. The Kier molecular flexibility index (Phi) is 3.66. The van der Waals surface area contributed by atoms with Crippen LogP contribution in [-0.4, -0.2) is 23.0 Å². The molecular weight excluding hydrogens is 411 g/mol. The molecule has 0 N–H and O–H groups in total. The van der Waals surface area contributed by atoms with E-state index in [1.54, 1.807) is 30.3 Å². The lowest BCUT2D eigenvalue weighted by molar-refractivity contribution is -0.140. The Bertz CT molecular complexity index is 1090. The summed E-state index contributed by atoms with van der Waals surface area (Å²) in [5, 5.41) is 6.08. The number of imide groups is 1. The van der Waals surface area contributed by atoms with Crippen LogP contribution in [0.25, 0.3) is 11.3 Å². The molecule has 1 aromatic heterocycles. The summed E-state index contributed by atoms with van der Waals surface area (Å²) in [5.41, 5.74) is 0.667. The van der Waals surface area contributed by atoms with Crippen molar-refractivity contribution >= 4 is 41.2 Å². The molecule has 0 spiro atoms. The van der Waals surface area contributed by atoms with E-state index in [2.05, 4.69) is 17.3 Å². The summed E-state index contributed by atoms with van der Waals surface area (Å²) in [6, 6.07) is 8.77. The molecule has 5 nitrogen and oxygen atoms in total. The Balaban J connectivity index is 1.26. The number of rotatable bonds is 3. The van der Waals surface area contributed by atoms with Crippen molar-refractivity contribution < 1.29 is 14.0 Å². The lowest BCUT2D eigenvalue weighted by Gasteiger charge is -2.37. The van der Waals surface area contributed by atoms with E-state index in [4.69, 9.17) is 27.6 Å². The van der Waals surface area contributed by atoms with Crippen molar-refractivity contribution in [1.82, 2.24) is 5.01 Å². The van der Waals surface area contributed by atoms with Crippen LogP contribution in [0.2, 0.25) is 10.0 Å². The van der Waals surface area contributed by atoms with Gasteiger partial charge in [0.1, 0.15) is 11.5 Å². The molecule has 5 aliphatic rings. The van der Waals surface area contributed by atoms with Crippen LogP contribution >= 0.6 is 23.2 Å². The highest BCUT2D eigenvalue weighted by atomic mass is 35.5. The van der Waals surface area contributed by atoms with Crippen molar-refractivity contribution in [2.75, 3.05) is 0 Å². The van der Waals surface area contributed by atoms with Gasteiger partial charge in [0.2, 0.25) is 0 Å². The Morgan fingerprint density at radius 2 is 1.69 bits per heavy atom. The maximum Gasteiger partial charge on any atom is 0.254 e. The van der Waals surface area contributed by atoms with Crippen LogP contribution in [0.3, 0.4) is 0 Å². The summed E-state index contributed by atoms with van der Waals surface area (Å²) in [5.74, 6) is 1.59. The van der Waals surface area contributed by atoms with Crippen molar-refractivity contribution in [2.24, 2.45) is 40.6 Å². The number of furan rings is 1. The molecule has 2 bridgehead atoms. The Morgan fingerprint density at radius 1 is 1.00 bits per heavy atom. The highest BCUT2D eigenvalue weighted by molar-refractivity contribution is 6.43. The summed E-state index contributed by atoms with van der Waals surface area (Å²) < 4.78 is 5.78. The molecule has 6 atom stereocenters. The minimum Gasteiger partial charge on any atom is -0.455 e. The second-order valence-electron chi connectivity index (χ2n) is 8.19. The molecule has 2 amide bonds. The van der Waals surface area contributed by atoms with Gasteiger partial charge in [-0.1, -0.05) is 41.4 Å². The topological polar surface area (TPSA) is 62.9 Å². The van der Waals surface area contributed by atoms with E-state index in [-0.39, 0.29) is 35.5 Å². The molecule has 7 rings (SSSR count). The first-order valence-corrected chi connectivity index (χ1v) is 10.4. The van der Waals surface area contributed by atoms with Crippen LogP contribution in [0, 0.1) is 35.5 Å². The number of nitrogens with zero attached hydrogens (tertiary/aromatic N) is 2. The van der Waals surface area contributed by atoms with Gasteiger partial charge >= 0.3 is 0 Å². The van der Waals surface area contributed by atoms with E-state index >= 15 is 0 Å². The van der Waals surface area contributed by atoms with E-state index < -0.39 is 0 Å². The minimum atomic E-state index is -0.254. The van der Waals surface area contributed by atoms with Gasteiger partial charge in [-0.15, -0.1) is 0 Å². The van der Waals surface area contributed by atoms with Gasteiger partial charge in [-0.05, 0) is 54.4 Å². The largest absolute Gasteiger partial charge is 0.455 e. The second kappa shape index (κ2) is 6.07. The molecule has 29 heavy (non-hydrogen) atoms. The first kappa shape index (κ1) is 17.5. The fourth-order valence-electron chi connectivity index (χ4n) is 5.43. The molecule has 2 heterocycles. The van der Waals surface area contributed by atoms with Crippen molar-refractivity contribution in [3.05, 3.63) is 58.3 Å². The van der Waals surface area contributed by atoms with Crippen LogP contribution in [-0.2, 0) is 9.59 Å². The number of halogens is 2. The SMILES string of the molecule is O=C1[C@@H]2[C@H]3C=C[C@@H]([C@@H]4C[C@H]34)[C@H]2C(=O)N1/N=C\c1ccc(-c2cccc(Cl)c2Cl)o1. The van der Waals surface area contributed by atoms with Crippen LogP contribution < -0.4 is 0 Å². The van der Waals surface area contributed by atoms with Gasteiger partial charge in [0.15, 0.2) is 0 Å². The van der Waals surface area contributed by atoms with Gasteiger partial charge < -0.3 is 4.42 Å². The summed E-state index contributed by atoms with van der Waals surface area (Å²) in [6.07, 6.45) is 6.84. The molecule has 2 aromatic rings. The van der Waals surface area contributed by atoms with Gasteiger partial charge in [-0.25, -0.2) is 0 Å². The summed E-state index contributed by atoms with van der Waals surface area (Å²) in [4.78, 5) is 25.9. The quantitative estimate of drug-likeness (QED) is 0.407. The fourth-order valence-corrected chi connectivity index (χ4v) is 5.82. The Morgan fingerprint density at radius 3 is 2.38 bits per heavy atom. The zero-order valence-corrected chi connectivity index (χ0v) is 16.7. The number of carbonyl (C=O) groups excluding carboxylic acids is 2. The van der Waals surface area contributed by atoms with Crippen molar-refractivity contribution in [3.8, 4) is 11.3 Å². The van der Waals surface area contributed by atoms with E-state index in [1.807, 2.05) is 0 Å². The normalized spacial score (nSPS) is 34.2. The third-order valence-corrected chi connectivity index (χ3v) is 7.60. The predicted molar refractivity (Wildman–Crippen MR) is 108 cm³/mol. The first-order chi connectivity index (χ1) is 14.0. The third-order valence-electron chi connectivity index (χ3n) is 6.78. The molecular formula is C22H16Cl2N2O3. The highest BCUT2D eigenvalue weighted by Crippen LogP contribution is 2.65. The summed E-state index contributed by atoms with van der Waals surface area (Å²) in [7, 11) is 0. The fraction of sp³-hybridized carbons (Fsp3) is 0.318. The molecule has 1 saturated heterocycles. The average Bonchev–Trinajstić information content (AvgIpc) is 3.36. The highest BCUT2D eigenvalue weighted by Gasteiger charge is 2.67. The van der Waals surface area contributed by atoms with Crippen molar-refractivity contribution in [2.45, 2.75) is 6.42 Å². The maximum absolute atomic E-state index is 12.9. The van der Waals surface area contributed by atoms with Crippen LogP contribution in [0.15, 0.2) is 52.0 Å². The standard InChI is InChI=1S/C22H16Cl2N2O3/c23-16-3-1-2-13(20(16)24)17-7-4-10(29-17)9-25-26-21(27)18-11-5-6-12(15-8-14(11)15)19(18)22(26)28/h1-7,9,11-12,14-15,18-19H,8H2/b25-9-/t11-,12-,14-,15+,18+,19+/m0/s1. The summed E-state index contributed by atoms with van der Waals surface area (Å²) >= 11 is 12.3. The molecule has 146 valence electrons. The zero-order valence-electron chi connectivity index (χ0n) is 15.2. The molecule has 1 aromatic carbocycles. The van der Waals surface area contributed by atoms with Crippen LogP contribution in [0.4, 0.5) is 0 Å². The number of benzene rings is 1. The van der Waals surface area contributed by atoms with E-state index in [1.165, 1.54) is 6.21 Å². The Labute approximate surface area is 177 Å². The lowest BCUT2D eigenvalue weighted by atomic mass is 9.63. The summed E-state index contributed by atoms with van der Waals surface area (Å²) in [6.45, 7) is 0. The zero-order chi connectivity index (χ0) is 19.9. The smallest absolute Gasteiger partial charge is 0.254 e. The molecule has 4 aliphatic carbocycles. The van der Waals surface area contributed by atoms with E-state index in [0.717, 1.165) is 11.4 Å². The number of hydrogen-bond donors (Lipinski definition) is 0. The Hall–Kier alpha value is -2.37. The average molecular weight is 427 g/mol. The maximum atomic E-state index is 12.9. The molecule has 1 aliphatic heterocycles. The van der Waals surface area contributed by atoms with Gasteiger partial charge in [0, 0.05) is 5.56 Å². The minimum absolute atomic E-state index is 0.187. The molecule has 3 fully saturated rings. The molecule has 0 radical (unpaired) electrons. The monoisotopic (exact) mass is 426 g/mol. The number of amides is 2. The predicted octanol–water partition coefficient (Wildman–Crippen LogP) is 4.64. The number of hydrogen-bond acceptors (Lipinski definition) is 4. The van der Waals surface area contributed by atoms with Gasteiger partial charge in [-0.2, -0.15) is 10.1 Å². The second-order valence-corrected chi connectivity index (χ2v) is 8.98. The van der Waals surface area contributed by atoms with Gasteiger partial charge in [0.25, 0.3) is 11.8 Å². The van der Waals surface area contributed by atoms with Crippen LogP contribution in [0.1, 0.15) is 12.2 Å². The number of allylic oxidation sites excluding steroid dienone is 2. The molecule has 0 unspecified atom stereocenters. The first-order valence-electron chi connectivity index (χ1n) is 9.69. The van der Waals surface area contributed by atoms with E-state index in [0.29, 0.717) is 39.0 Å². The molecule has 7 heteroatoms. The van der Waals surface area contributed by atoms with E-state index in [9.17, 15) is 9.59 Å². The molecule has 2 saturated carbocycles. The third kappa shape index (κ3) is 2.44. The number of carbonyl (C=O) groups is 2.